The van der Waals surface area contributed by atoms with Crippen LogP contribution < -0.4 is 0 Å². The van der Waals surface area contributed by atoms with Crippen LogP contribution in [0.25, 0.3) is 11.3 Å². The van der Waals surface area contributed by atoms with E-state index >= 15 is 0 Å². The topological polar surface area (TPSA) is 12.9 Å². The van der Waals surface area contributed by atoms with Gasteiger partial charge >= 0.3 is 0 Å². The van der Waals surface area contributed by atoms with Crippen molar-refractivity contribution in [3.63, 3.8) is 0 Å². The molecule has 0 spiro atoms. The lowest BCUT2D eigenvalue weighted by atomic mass is 10.0. The Kier molecular flexibility index (Phi) is 6.71. The average molecular weight is 291 g/mol. The average Bonchev–Trinajstić information content (AvgIpc) is 2.58. The largest absolute Gasteiger partial charge is 0.252 e. The number of unbranched alkanes of at least 4 members (excludes halogenated alkanes) is 3. The number of rotatable bonds is 6. The zero-order chi connectivity index (χ0) is 15.6. The molecule has 0 aliphatic rings. The van der Waals surface area contributed by atoms with Gasteiger partial charge in [-0.1, -0.05) is 68.9 Å². The molecule has 114 valence electrons. The number of aromatic nitrogens is 1. The maximum Gasteiger partial charge on any atom is 0.0861 e. The number of pyridine rings is 1. The summed E-state index contributed by atoms with van der Waals surface area (Å²) in [6, 6.07) is 14.7. The van der Waals surface area contributed by atoms with Crippen molar-refractivity contribution in [2.75, 3.05) is 0 Å². The molecule has 2 aromatic rings. The van der Waals surface area contributed by atoms with Gasteiger partial charge in [-0.05, 0) is 31.4 Å². The summed E-state index contributed by atoms with van der Waals surface area (Å²) in [5, 5.41) is 0. The standard InChI is InChI=1S/C21H25N/c1-3-5-7-9-14-19-16-17-20(15-6-4-2)22-21(19)18-12-10-8-11-13-18/h8,10-13,16-17H,3-7,15H2,1-2H3. The van der Waals surface area contributed by atoms with E-state index in [-0.39, 0.29) is 0 Å². The van der Waals surface area contributed by atoms with E-state index in [1.165, 1.54) is 25.0 Å². The highest BCUT2D eigenvalue weighted by molar-refractivity contribution is 5.67. The molecule has 2 rings (SSSR count). The third-order valence-electron chi connectivity index (χ3n) is 3.67. The Balaban J connectivity index is 2.32. The van der Waals surface area contributed by atoms with Gasteiger partial charge in [0.1, 0.15) is 0 Å². The van der Waals surface area contributed by atoms with Gasteiger partial charge in [0.05, 0.1) is 11.3 Å². The van der Waals surface area contributed by atoms with Crippen LogP contribution in [0.1, 0.15) is 57.2 Å². The van der Waals surface area contributed by atoms with Crippen molar-refractivity contribution in [1.29, 1.82) is 0 Å². The van der Waals surface area contributed by atoms with E-state index in [2.05, 4.69) is 62.1 Å². The lowest BCUT2D eigenvalue weighted by Crippen LogP contribution is -1.96. The van der Waals surface area contributed by atoms with E-state index < -0.39 is 0 Å². The minimum atomic E-state index is 0.961. The first-order chi connectivity index (χ1) is 10.8. The summed E-state index contributed by atoms with van der Waals surface area (Å²) in [6.45, 7) is 4.41. The minimum Gasteiger partial charge on any atom is -0.252 e. The molecule has 1 heterocycles. The van der Waals surface area contributed by atoms with Crippen LogP contribution >= 0.6 is 0 Å². The lowest BCUT2D eigenvalue weighted by molar-refractivity contribution is 0.777. The minimum absolute atomic E-state index is 0.961. The molecule has 0 aliphatic carbocycles. The molecule has 0 amide bonds. The van der Waals surface area contributed by atoms with Crippen LogP contribution in [0.5, 0.6) is 0 Å². The Hall–Kier alpha value is -2.07. The van der Waals surface area contributed by atoms with Crippen LogP contribution in [0.15, 0.2) is 42.5 Å². The number of nitrogens with zero attached hydrogens (tertiary/aromatic N) is 1. The Morgan fingerprint density at radius 1 is 0.909 bits per heavy atom. The predicted octanol–water partition coefficient (Wildman–Crippen LogP) is 5.63. The van der Waals surface area contributed by atoms with Gasteiger partial charge in [-0.25, -0.2) is 0 Å². The van der Waals surface area contributed by atoms with E-state index in [0.717, 1.165) is 36.1 Å². The summed E-state index contributed by atoms with van der Waals surface area (Å²) in [6.07, 6.45) is 6.73. The van der Waals surface area contributed by atoms with Gasteiger partial charge < -0.3 is 0 Å². The molecule has 0 aliphatic heterocycles. The molecule has 0 N–H and O–H groups in total. The first-order valence-corrected chi connectivity index (χ1v) is 8.39. The first-order valence-electron chi connectivity index (χ1n) is 8.39. The Labute approximate surface area is 134 Å². The summed E-state index contributed by atoms with van der Waals surface area (Å²) in [5.41, 5.74) is 4.39. The number of benzene rings is 1. The van der Waals surface area contributed by atoms with Crippen molar-refractivity contribution in [3.05, 3.63) is 53.7 Å². The van der Waals surface area contributed by atoms with Crippen LogP contribution in [-0.4, -0.2) is 4.98 Å². The summed E-state index contributed by atoms with van der Waals surface area (Å²) >= 11 is 0. The molecular weight excluding hydrogens is 266 g/mol. The number of hydrogen-bond donors (Lipinski definition) is 0. The van der Waals surface area contributed by atoms with E-state index in [0.29, 0.717) is 0 Å². The fraction of sp³-hybridized carbons (Fsp3) is 0.381. The van der Waals surface area contributed by atoms with Crippen LogP contribution in [-0.2, 0) is 6.42 Å². The smallest absolute Gasteiger partial charge is 0.0861 e. The predicted molar refractivity (Wildman–Crippen MR) is 94.7 cm³/mol. The van der Waals surface area contributed by atoms with E-state index in [4.69, 9.17) is 4.98 Å². The normalized spacial score (nSPS) is 10.1. The molecule has 1 aromatic heterocycles. The summed E-state index contributed by atoms with van der Waals surface area (Å²) in [7, 11) is 0. The molecule has 0 bridgehead atoms. The highest BCUT2D eigenvalue weighted by atomic mass is 14.7. The fourth-order valence-corrected chi connectivity index (χ4v) is 2.34. The van der Waals surface area contributed by atoms with E-state index in [1.54, 1.807) is 0 Å². The van der Waals surface area contributed by atoms with Gasteiger partial charge in [-0.15, -0.1) is 0 Å². The Bertz CT molecular complexity index is 632. The molecule has 0 radical (unpaired) electrons. The van der Waals surface area contributed by atoms with Gasteiger partial charge in [0, 0.05) is 17.7 Å². The molecular formula is C21H25N. The van der Waals surface area contributed by atoms with Crippen LogP contribution in [0.2, 0.25) is 0 Å². The first kappa shape index (κ1) is 16.3. The van der Waals surface area contributed by atoms with Crippen molar-refractivity contribution in [2.45, 2.75) is 52.4 Å². The van der Waals surface area contributed by atoms with Crippen LogP contribution in [0.3, 0.4) is 0 Å². The van der Waals surface area contributed by atoms with Crippen molar-refractivity contribution in [1.82, 2.24) is 4.98 Å². The van der Waals surface area contributed by atoms with Gasteiger partial charge in [0.25, 0.3) is 0 Å². The maximum atomic E-state index is 4.88. The Morgan fingerprint density at radius 2 is 1.68 bits per heavy atom. The Morgan fingerprint density at radius 3 is 2.41 bits per heavy atom. The zero-order valence-electron chi connectivity index (χ0n) is 13.7. The molecule has 0 fully saturated rings. The molecule has 0 unspecified atom stereocenters. The highest BCUT2D eigenvalue weighted by Crippen LogP contribution is 2.22. The van der Waals surface area contributed by atoms with Gasteiger partial charge in [-0.2, -0.15) is 0 Å². The van der Waals surface area contributed by atoms with Gasteiger partial charge in [0.15, 0.2) is 0 Å². The van der Waals surface area contributed by atoms with Crippen molar-refractivity contribution < 1.29 is 0 Å². The van der Waals surface area contributed by atoms with Crippen molar-refractivity contribution in [3.8, 4) is 23.1 Å². The second kappa shape index (κ2) is 9.05. The molecule has 0 atom stereocenters. The van der Waals surface area contributed by atoms with Gasteiger partial charge in [0.2, 0.25) is 0 Å². The summed E-state index contributed by atoms with van der Waals surface area (Å²) in [5.74, 6) is 6.60. The molecule has 0 saturated heterocycles. The summed E-state index contributed by atoms with van der Waals surface area (Å²) < 4.78 is 0. The van der Waals surface area contributed by atoms with E-state index in [1.807, 2.05) is 6.07 Å². The summed E-state index contributed by atoms with van der Waals surface area (Å²) in [4.78, 5) is 4.88. The molecule has 0 saturated carbocycles. The molecule has 1 heteroatoms. The quantitative estimate of drug-likeness (QED) is 0.496. The van der Waals surface area contributed by atoms with E-state index in [9.17, 15) is 0 Å². The fourth-order valence-electron chi connectivity index (χ4n) is 2.34. The van der Waals surface area contributed by atoms with Crippen molar-refractivity contribution in [2.24, 2.45) is 0 Å². The maximum absolute atomic E-state index is 4.88. The highest BCUT2D eigenvalue weighted by Gasteiger charge is 2.06. The second-order valence-corrected chi connectivity index (χ2v) is 5.57. The second-order valence-electron chi connectivity index (χ2n) is 5.57. The van der Waals surface area contributed by atoms with Crippen molar-refractivity contribution >= 4 is 0 Å². The van der Waals surface area contributed by atoms with Crippen LogP contribution in [0, 0.1) is 11.8 Å². The lowest BCUT2D eigenvalue weighted by Gasteiger charge is -2.07. The number of hydrogen-bond acceptors (Lipinski definition) is 1. The molecule has 22 heavy (non-hydrogen) atoms. The molecule has 1 nitrogen and oxygen atoms in total. The zero-order valence-corrected chi connectivity index (χ0v) is 13.7. The third-order valence-corrected chi connectivity index (χ3v) is 3.67. The van der Waals surface area contributed by atoms with Crippen LogP contribution in [0.4, 0.5) is 0 Å². The molecule has 1 aromatic carbocycles. The number of aryl methyl sites for hydroxylation is 1. The third kappa shape index (κ3) is 4.74. The SMILES string of the molecule is CCCCC#Cc1ccc(CCCC)nc1-c1ccccc1. The monoisotopic (exact) mass is 291 g/mol. The van der Waals surface area contributed by atoms with Gasteiger partial charge in [-0.3, -0.25) is 4.98 Å².